The Kier molecular flexibility index (Phi) is 4.42. The summed E-state index contributed by atoms with van der Waals surface area (Å²) in [5.41, 5.74) is 2.16. The molecule has 0 aliphatic carbocycles. The van der Waals surface area contributed by atoms with Crippen LogP contribution in [0.4, 0.5) is 0 Å². The van der Waals surface area contributed by atoms with Gasteiger partial charge in [-0.1, -0.05) is 48.5 Å². The maximum absolute atomic E-state index is 12.4. The Morgan fingerprint density at radius 3 is 2.50 bits per heavy atom. The van der Waals surface area contributed by atoms with Crippen LogP contribution in [0.3, 0.4) is 0 Å². The van der Waals surface area contributed by atoms with Crippen LogP contribution in [-0.4, -0.2) is 29.2 Å². The number of imide groups is 1. The van der Waals surface area contributed by atoms with Crippen LogP contribution in [0.15, 0.2) is 54.6 Å². The number of nitrogens with one attached hydrogen (secondary N) is 1. The Labute approximate surface area is 140 Å². The van der Waals surface area contributed by atoms with Crippen LogP contribution in [0.1, 0.15) is 34.5 Å². The first-order chi connectivity index (χ1) is 11.6. The van der Waals surface area contributed by atoms with Crippen LogP contribution in [0, 0.1) is 0 Å². The molecule has 0 saturated carbocycles. The molecule has 1 heterocycles. The van der Waals surface area contributed by atoms with Gasteiger partial charge in [-0.05, 0) is 24.1 Å². The molecule has 1 atom stereocenters. The van der Waals surface area contributed by atoms with Crippen LogP contribution in [0.2, 0.25) is 0 Å². The summed E-state index contributed by atoms with van der Waals surface area (Å²) in [5.74, 6) is -1.11. The zero-order valence-corrected chi connectivity index (χ0v) is 13.4. The third-order valence-corrected chi connectivity index (χ3v) is 4.11. The van der Waals surface area contributed by atoms with Gasteiger partial charge in [0.1, 0.15) is 6.54 Å². The van der Waals surface area contributed by atoms with Crippen LogP contribution < -0.4 is 5.32 Å². The van der Waals surface area contributed by atoms with Gasteiger partial charge >= 0.3 is 0 Å². The summed E-state index contributed by atoms with van der Waals surface area (Å²) < 4.78 is 0. The van der Waals surface area contributed by atoms with E-state index >= 15 is 0 Å². The van der Waals surface area contributed by atoms with E-state index in [0.29, 0.717) is 11.1 Å². The Morgan fingerprint density at radius 1 is 1.08 bits per heavy atom. The highest BCUT2D eigenvalue weighted by atomic mass is 16.2. The first kappa shape index (κ1) is 15.9. The average Bonchev–Trinajstić information content (AvgIpc) is 2.59. The third-order valence-electron chi connectivity index (χ3n) is 4.11. The van der Waals surface area contributed by atoms with E-state index in [1.165, 1.54) is 0 Å². The van der Waals surface area contributed by atoms with Crippen molar-refractivity contribution in [3.8, 4) is 0 Å². The van der Waals surface area contributed by atoms with Crippen molar-refractivity contribution in [2.45, 2.75) is 19.4 Å². The minimum atomic E-state index is -0.413. The molecule has 1 aliphatic rings. The monoisotopic (exact) mass is 322 g/mol. The highest BCUT2D eigenvalue weighted by Crippen LogP contribution is 2.19. The van der Waals surface area contributed by atoms with Crippen LogP contribution in [0.25, 0.3) is 0 Å². The largest absolute Gasteiger partial charge is 0.348 e. The van der Waals surface area contributed by atoms with E-state index in [9.17, 15) is 14.4 Å². The fourth-order valence-electron chi connectivity index (χ4n) is 2.82. The molecule has 0 aromatic heterocycles. The van der Waals surface area contributed by atoms with E-state index in [2.05, 4.69) is 5.32 Å². The Hall–Kier alpha value is -2.95. The molecule has 3 amide bonds. The molecule has 0 spiro atoms. The van der Waals surface area contributed by atoms with E-state index in [1.807, 2.05) is 37.3 Å². The highest BCUT2D eigenvalue weighted by molar-refractivity contribution is 6.11. The predicted octanol–water partition coefficient (Wildman–Crippen LogP) is 2.09. The summed E-state index contributed by atoms with van der Waals surface area (Å²) in [6.45, 7) is 1.60. The molecule has 3 rings (SSSR count). The number of benzene rings is 2. The first-order valence-corrected chi connectivity index (χ1v) is 7.83. The minimum absolute atomic E-state index is 0.142. The summed E-state index contributed by atoms with van der Waals surface area (Å²) in [7, 11) is 0. The number of carbonyl (C=O) groups is 3. The molecule has 24 heavy (non-hydrogen) atoms. The van der Waals surface area contributed by atoms with Crippen molar-refractivity contribution < 1.29 is 14.4 Å². The maximum atomic E-state index is 12.4. The molecular weight excluding hydrogens is 304 g/mol. The number of hydrogen-bond acceptors (Lipinski definition) is 3. The molecule has 2 aromatic carbocycles. The zero-order chi connectivity index (χ0) is 17.1. The lowest BCUT2D eigenvalue weighted by Gasteiger charge is -2.26. The van der Waals surface area contributed by atoms with Crippen LogP contribution in [-0.2, 0) is 16.0 Å². The van der Waals surface area contributed by atoms with Gasteiger partial charge in [0.15, 0.2) is 0 Å². The predicted molar refractivity (Wildman–Crippen MR) is 89.2 cm³/mol. The number of hydrogen-bond donors (Lipinski definition) is 1. The summed E-state index contributed by atoms with van der Waals surface area (Å²) >= 11 is 0. The molecule has 5 nitrogen and oxygen atoms in total. The van der Waals surface area contributed by atoms with E-state index in [0.717, 1.165) is 10.5 Å². The molecule has 0 radical (unpaired) electrons. The van der Waals surface area contributed by atoms with Gasteiger partial charge in [0.05, 0.1) is 12.5 Å². The first-order valence-electron chi connectivity index (χ1n) is 7.83. The molecule has 0 unspecified atom stereocenters. The van der Waals surface area contributed by atoms with Gasteiger partial charge in [0.25, 0.3) is 5.91 Å². The lowest BCUT2D eigenvalue weighted by Crippen LogP contribution is -2.47. The number of rotatable bonds is 4. The minimum Gasteiger partial charge on any atom is -0.348 e. The van der Waals surface area contributed by atoms with Crippen LogP contribution in [0.5, 0.6) is 0 Å². The summed E-state index contributed by atoms with van der Waals surface area (Å²) in [4.78, 5) is 37.9. The van der Waals surface area contributed by atoms with Crippen molar-refractivity contribution in [2.24, 2.45) is 0 Å². The molecule has 2 aromatic rings. The van der Waals surface area contributed by atoms with Gasteiger partial charge < -0.3 is 5.32 Å². The van der Waals surface area contributed by atoms with Crippen molar-refractivity contribution in [1.82, 2.24) is 10.2 Å². The quantitative estimate of drug-likeness (QED) is 0.877. The SMILES string of the molecule is C[C@H](NC(=O)CN1C(=O)Cc2ccccc2C1=O)c1ccccc1. The molecule has 0 saturated heterocycles. The van der Waals surface area contributed by atoms with Gasteiger partial charge in [-0.2, -0.15) is 0 Å². The Balaban J connectivity index is 1.68. The van der Waals surface area contributed by atoms with Crippen molar-refractivity contribution >= 4 is 17.7 Å². The second-order valence-electron chi connectivity index (χ2n) is 5.82. The van der Waals surface area contributed by atoms with Gasteiger partial charge in [-0.15, -0.1) is 0 Å². The molecule has 0 fully saturated rings. The number of amides is 3. The van der Waals surface area contributed by atoms with E-state index in [4.69, 9.17) is 0 Å². The summed E-state index contributed by atoms with van der Waals surface area (Å²) in [5, 5.41) is 2.82. The zero-order valence-electron chi connectivity index (χ0n) is 13.4. The van der Waals surface area contributed by atoms with Gasteiger partial charge in [-0.25, -0.2) is 0 Å². The van der Waals surface area contributed by atoms with Crippen molar-refractivity contribution in [3.05, 3.63) is 71.3 Å². The van der Waals surface area contributed by atoms with E-state index in [-0.39, 0.29) is 30.8 Å². The smallest absolute Gasteiger partial charge is 0.261 e. The fourth-order valence-corrected chi connectivity index (χ4v) is 2.82. The fraction of sp³-hybridized carbons (Fsp3) is 0.211. The topological polar surface area (TPSA) is 66.5 Å². The molecule has 122 valence electrons. The second-order valence-corrected chi connectivity index (χ2v) is 5.82. The molecule has 5 heteroatoms. The van der Waals surface area contributed by atoms with Gasteiger partial charge in [0.2, 0.25) is 11.8 Å². The maximum Gasteiger partial charge on any atom is 0.261 e. The standard InChI is InChI=1S/C19H18N2O3/c1-13(14-7-3-2-4-8-14)20-17(22)12-21-18(23)11-15-9-5-6-10-16(15)19(21)24/h2-10,13H,11-12H2,1H3,(H,20,22)/t13-/m0/s1. The summed E-state index contributed by atoms with van der Waals surface area (Å²) in [6.07, 6.45) is 0.142. The Bertz CT molecular complexity index is 786. The van der Waals surface area contributed by atoms with E-state index < -0.39 is 5.91 Å². The Morgan fingerprint density at radius 2 is 1.75 bits per heavy atom. The number of fused-ring (bicyclic) bond motifs is 1. The number of carbonyl (C=O) groups excluding carboxylic acids is 3. The normalized spacial score (nSPS) is 15.0. The van der Waals surface area contributed by atoms with Gasteiger partial charge in [-0.3, -0.25) is 19.3 Å². The lowest BCUT2D eigenvalue weighted by molar-refractivity contribution is -0.133. The lowest BCUT2D eigenvalue weighted by atomic mass is 9.98. The van der Waals surface area contributed by atoms with E-state index in [1.54, 1.807) is 24.3 Å². The summed E-state index contributed by atoms with van der Waals surface area (Å²) in [6, 6.07) is 16.3. The second kappa shape index (κ2) is 6.66. The third kappa shape index (κ3) is 3.20. The van der Waals surface area contributed by atoms with Gasteiger partial charge in [0, 0.05) is 5.56 Å². The van der Waals surface area contributed by atoms with Crippen LogP contribution >= 0.6 is 0 Å². The molecular formula is C19H18N2O3. The number of nitrogens with zero attached hydrogens (tertiary/aromatic N) is 1. The molecule has 1 N–H and O–H groups in total. The molecule has 1 aliphatic heterocycles. The average molecular weight is 322 g/mol. The van der Waals surface area contributed by atoms with Crippen molar-refractivity contribution in [2.75, 3.05) is 6.54 Å². The van der Waals surface area contributed by atoms with Crippen molar-refractivity contribution in [1.29, 1.82) is 0 Å². The van der Waals surface area contributed by atoms with Crippen molar-refractivity contribution in [3.63, 3.8) is 0 Å². The molecule has 0 bridgehead atoms. The highest BCUT2D eigenvalue weighted by Gasteiger charge is 2.32.